The molecular weight excluding hydrogens is 299 g/mol. The second-order valence-electron chi connectivity index (χ2n) is 6.18. The molecule has 0 bridgehead atoms. The van der Waals surface area contributed by atoms with Crippen LogP contribution in [0.15, 0.2) is 0 Å². The van der Waals surface area contributed by atoms with Gasteiger partial charge in [0.1, 0.15) is 0 Å². The van der Waals surface area contributed by atoms with Crippen LogP contribution >= 0.6 is 0 Å². The summed E-state index contributed by atoms with van der Waals surface area (Å²) in [7, 11) is 0. The van der Waals surface area contributed by atoms with E-state index in [2.05, 4.69) is 27.7 Å². The van der Waals surface area contributed by atoms with Crippen molar-refractivity contribution in [2.24, 2.45) is 0 Å². The predicted molar refractivity (Wildman–Crippen MR) is 77.9 cm³/mol. The van der Waals surface area contributed by atoms with Gasteiger partial charge in [-0.15, -0.1) is 0 Å². The Hall–Kier alpha value is 0.799. The van der Waals surface area contributed by atoms with Crippen LogP contribution in [0.5, 0.6) is 0 Å². The van der Waals surface area contributed by atoms with Crippen LogP contribution in [-0.2, 0) is 0 Å². The zero-order valence-corrected chi connectivity index (χ0v) is 14.9. The summed E-state index contributed by atoms with van der Waals surface area (Å²) >= 11 is -1.80. The third-order valence-corrected chi connectivity index (χ3v) is 25.5. The first kappa shape index (κ1) is 14.9. The van der Waals surface area contributed by atoms with Crippen molar-refractivity contribution in [3.8, 4) is 0 Å². The van der Waals surface area contributed by atoms with Gasteiger partial charge in [-0.1, -0.05) is 0 Å². The van der Waals surface area contributed by atoms with Crippen LogP contribution in [0.1, 0.15) is 72.6 Å². The van der Waals surface area contributed by atoms with E-state index in [1.807, 2.05) is 0 Å². The molecule has 0 radical (unpaired) electrons. The molecule has 1 unspecified atom stereocenters. The molecule has 96 valence electrons. The average molecular weight is 331 g/mol. The molecule has 1 saturated carbocycles. The Morgan fingerprint density at radius 2 is 1.69 bits per heavy atom. The van der Waals surface area contributed by atoms with Gasteiger partial charge in [0.05, 0.1) is 0 Å². The van der Waals surface area contributed by atoms with Crippen LogP contribution < -0.4 is 0 Å². The molecule has 0 aromatic rings. The second kappa shape index (κ2) is 7.28. The zero-order chi connectivity index (χ0) is 12.0. The molecule has 0 aromatic carbocycles. The summed E-state index contributed by atoms with van der Waals surface area (Å²) in [6.07, 6.45) is 10.8. The summed E-state index contributed by atoms with van der Waals surface area (Å²) in [4.78, 5) is 0. The van der Waals surface area contributed by atoms with Gasteiger partial charge >= 0.3 is 108 Å². The van der Waals surface area contributed by atoms with Gasteiger partial charge in [-0.05, 0) is 0 Å². The minimum absolute atomic E-state index is 1.08. The normalized spacial score (nSPS) is 22.3. The molecule has 0 aromatic heterocycles. The molecule has 0 heterocycles. The summed E-state index contributed by atoms with van der Waals surface area (Å²) in [6.45, 7) is 10.0. The van der Waals surface area contributed by atoms with Crippen LogP contribution in [0.25, 0.3) is 0 Å². The fourth-order valence-electron chi connectivity index (χ4n) is 4.02. The van der Waals surface area contributed by atoms with Crippen LogP contribution in [0.4, 0.5) is 0 Å². The van der Waals surface area contributed by atoms with E-state index in [1.165, 1.54) is 23.2 Å². The van der Waals surface area contributed by atoms with Crippen LogP contribution in [0.3, 0.4) is 0 Å². The van der Waals surface area contributed by atoms with E-state index in [4.69, 9.17) is 0 Å². The van der Waals surface area contributed by atoms with Gasteiger partial charge in [-0.3, -0.25) is 0 Å². The maximum absolute atomic E-state index is 2.56. The number of rotatable bonds is 6. The molecule has 1 atom stereocenters. The first-order valence-corrected chi connectivity index (χ1v) is 15.0. The maximum atomic E-state index is 2.56. The predicted octanol–water partition coefficient (Wildman–Crippen LogP) is 6.00. The van der Waals surface area contributed by atoms with Crippen molar-refractivity contribution in [1.82, 2.24) is 0 Å². The van der Waals surface area contributed by atoms with Gasteiger partial charge < -0.3 is 0 Å². The Bertz CT molecular complexity index is 182. The Kier molecular flexibility index (Phi) is 6.76. The third kappa shape index (κ3) is 3.40. The van der Waals surface area contributed by atoms with E-state index in [0.29, 0.717) is 0 Å². The van der Waals surface area contributed by atoms with Crippen LogP contribution in [-0.4, -0.2) is 18.4 Å². The molecule has 1 aliphatic carbocycles. The fourth-order valence-corrected chi connectivity index (χ4v) is 21.8. The topological polar surface area (TPSA) is 0 Å². The SMILES string of the molecule is CCC[CH2][Sn]([CH2]C)([CH](C)C)[CH]1CCCCC1. The molecule has 0 amide bonds. The summed E-state index contributed by atoms with van der Waals surface area (Å²) in [5, 5.41) is 0. The standard InChI is InChI=1S/C6H11.C4H9.C3H7.C2H5.Sn/c1-2-4-6-5-3-1;1-3-4-2;1-3-2;1-2;/h1H,2-6H2;1,3-4H2,2H3;3H,1-2H3;1H2,2H3;. The third-order valence-electron chi connectivity index (χ3n) is 5.22. The number of unbranched alkanes of at least 4 members (excludes halogenated alkanes) is 1. The van der Waals surface area contributed by atoms with Crippen molar-refractivity contribution in [3.05, 3.63) is 0 Å². The molecule has 0 spiro atoms. The van der Waals surface area contributed by atoms with Gasteiger partial charge in [-0.2, -0.15) is 0 Å². The Balaban J connectivity index is 2.73. The van der Waals surface area contributed by atoms with E-state index in [1.54, 1.807) is 34.6 Å². The van der Waals surface area contributed by atoms with Gasteiger partial charge in [0.25, 0.3) is 0 Å². The number of hydrogen-bond acceptors (Lipinski definition) is 0. The Morgan fingerprint density at radius 1 is 1.06 bits per heavy atom. The van der Waals surface area contributed by atoms with E-state index in [0.717, 1.165) is 3.93 Å². The van der Waals surface area contributed by atoms with Crippen molar-refractivity contribution >= 4 is 18.4 Å². The van der Waals surface area contributed by atoms with E-state index in [-0.39, 0.29) is 0 Å². The quantitative estimate of drug-likeness (QED) is 0.524. The van der Waals surface area contributed by atoms with Crippen molar-refractivity contribution in [2.75, 3.05) is 0 Å². The summed E-state index contributed by atoms with van der Waals surface area (Å²) in [5.41, 5.74) is 0. The van der Waals surface area contributed by atoms with E-state index < -0.39 is 18.4 Å². The first-order chi connectivity index (χ1) is 7.67. The van der Waals surface area contributed by atoms with Crippen molar-refractivity contribution < 1.29 is 0 Å². The summed E-state index contributed by atoms with van der Waals surface area (Å²) in [6, 6.07) is 0. The van der Waals surface area contributed by atoms with E-state index in [9.17, 15) is 0 Å². The molecule has 1 fully saturated rings. The fraction of sp³-hybridized carbons (Fsp3) is 1.00. The molecule has 0 N–H and O–H groups in total. The summed E-state index contributed by atoms with van der Waals surface area (Å²) < 4.78 is 5.61. The van der Waals surface area contributed by atoms with Gasteiger partial charge in [0.15, 0.2) is 0 Å². The van der Waals surface area contributed by atoms with Crippen LogP contribution in [0, 0.1) is 0 Å². The molecule has 1 heteroatoms. The van der Waals surface area contributed by atoms with Crippen molar-refractivity contribution in [3.63, 3.8) is 0 Å². The van der Waals surface area contributed by atoms with Gasteiger partial charge in [0.2, 0.25) is 0 Å². The molecule has 0 nitrogen and oxygen atoms in total. The minimum atomic E-state index is -1.80. The monoisotopic (exact) mass is 332 g/mol. The summed E-state index contributed by atoms with van der Waals surface area (Å²) in [5.74, 6) is 0. The van der Waals surface area contributed by atoms with Crippen molar-refractivity contribution in [2.45, 2.75) is 89.4 Å². The molecule has 0 aliphatic heterocycles. The Morgan fingerprint density at radius 3 is 2.12 bits per heavy atom. The molecule has 0 saturated heterocycles. The molecule has 16 heavy (non-hydrogen) atoms. The molecule has 1 rings (SSSR count). The molecular formula is C15H32Sn. The Labute approximate surface area is 107 Å². The van der Waals surface area contributed by atoms with Crippen molar-refractivity contribution in [1.29, 1.82) is 0 Å². The average Bonchev–Trinajstić information content (AvgIpc) is 2.31. The van der Waals surface area contributed by atoms with E-state index >= 15 is 0 Å². The number of hydrogen-bond donors (Lipinski definition) is 0. The first-order valence-electron chi connectivity index (χ1n) is 7.67. The molecule has 1 aliphatic rings. The van der Waals surface area contributed by atoms with Crippen LogP contribution in [0.2, 0.25) is 16.7 Å². The zero-order valence-electron chi connectivity index (χ0n) is 12.0. The van der Waals surface area contributed by atoms with Gasteiger partial charge in [0, 0.05) is 0 Å². The van der Waals surface area contributed by atoms with Gasteiger partial charge in [-0.25, -0.2) is 0 Å². The second-order valence-corrected chi connectivity index (χ2v) is 22.3.